The summed E-state index contributed by atoms with van der Waals surface area (Å²) in [5.74, 6) is 0. The van der Waals surface area contributed by atoms with Gasteiger partial charge < -0.3 is 18.2 Å². The van der Waals surface area contributed by atoms with Gasteiger partial charge in [-0.05, 0) is 65.2 Å². The lowest BCUT2D eigenvalue weighted by atomic mass is 10.1. The number of hydrogen-bond acceptors (Lipinski definition) is 4. The van der Waals surface area contributed by atoms with Gasteiger partial charge in [0.05, 0.1) is 0 Å². The molecule has 6 heteroatoms. The molecule has 0 atom stereocenters. The van der Waals surface area contributed by atoms with E-state index < -0.39 is 16.9 Å². The van der Waals surface area contributed by atoms with E-state index in [4.69, 9.17) is 13.3 Å². The van der Waals surface area contributed by atoms with Crippen LogP contribution in [0.3, 0.4) is 0 Å². The van der Waals surface area contributed by atoms with E-state index in [2.05, 4.69) is 24.5 Å². The minimum atomic E-state index is -2.44. The van der Waals surface area contributed by atoms with Crippen LogP contribution < -0.4 is 0 Å². The minimum absolute atomic E-state index is 0.674. The van der Waals surface area contributed by atoms with Gasteiger partial charge in [-0.15, -0.1) is 0 Å². The summed E-state index contributed by atoms with van der Waals surface area (Å²) in [6, 6.07) is 0.941. The molecule has 1 aliphatic heterocycles. The average Bonchev–Trinajstić information content (AvgIpc) is 2.48. The Balaban J connectivity index is 2.39. The summed E-state index contributed by atoms with van der Waals surface area (Å²) < 4.78 is 17.8. The van der Waals surface area contributed by atoms with Crippen LogP contribution in [0.4, 0.5) is 0 Å². The van der Waals surface area contributed by atoms with Gasteiger partial charge >= 0.3 is 8.80 Å². The first kappa shape index (κ1) is 21.3. The highest BCUT2D eigenvalue weighted by Gasteiger charge is 2.40. The second-order valence-electron chi connectivity index (χ2n) is 7.57. The molecule has 1 saturated heterocycles. The van der Waals surface area contributed by atoms with Crippen LogP contribution in [-0.2, 0) is 13.3 Å². The number of likely N-dealkylation sites (tertiary alicyclic amines) is 1. The standard InChI is InChI=1S/C17H39NO3Si2/c1-7-19-23(20-8-2,21-9-3)16-10-13-18-14-11-17(12-15-18)22(4,5)6/h17H,7-16H2,1-6H3. The van der Waals surface area contributed by atoms with E-state index >= 15 is 0 Å². The summed E-state index contributed by atoms with van der Waals surface area (Å²) in [6.07, 6.45) is 3.89. The molecule has 0 aliphatic carbocycles. The van der Waals surface area contributed by atoms with Crippen molar-refractivity contribution in [3.8, 4) is 0 Å². The van der Waals surface area contributed by atoms with Gasteiger partial charge in [0, 0.05) is 33.9 Å². The largest absolute Gasteiger partial charge is 0.500 e. The Morgan fingerprint density at radius 2 is 1.35 bits per heavy atom. The number of piperidine rings is 1. The van der Waals surface area contributed by atoms with Crippen LogP contribution in [0.25, 0.3) is 0 Å². The Morgan fingerprint density at radius 3 is 1.74 bits per heavy atom. The van der Waals surface area contributed by atoms with Gasteiger partial charge in [-0.1, -0.05) is 19.6 Å². The van der Waals surface area contributed by atoms with Crippen molar-refractivity contribution in [2.75, 3.05) is 39.5 Å². The fourth-order valence-electron chi connectivity index (χ4n) is 3.54. The van der Waals surface area contributed by atoms with Crippen LogP contribution in [0.15, 0.2) is 0 Å². The third-order valence-corrected chi connectivity index (χ3v) is 11.0. The quantitative estimate of drug-likeness (QED) is 0.515. The molecular weight excluding hydrogens is 322 g/mol. The first-order chi connectivity index (χ1) is 10.9. The third kappa shape index (κ3) is 7.36. The van der Waals surface area contributed by atoms with Crippen molar-refractivity contribution in [1.82, 2.24) is 4.90 Å². The van der Waals surface area contributed by atoms with Gasteiger partial charge in [0.15, 0.2) is 0 Å². The van der Waals surface area contributed by atoms with Crippen molar-refractivity contribution in [1.29, 1.82) is 0 Å². The van der Waals surface area contributed by atoms with Crippen molar-refractivity contribution in [3.63, 3.8) is 0 Å². The zero-order valence-corrected chi connectivity index (χ0v) is 18.3. The molecule has 0 spiro atoms. The van der Waals surface area contributed by atoms with E-state index in [0.29, 0.717) is 19.8 Å². The molecule has 0 bridgehead atoms. The molecule has 138 valence electrons. The van der Waals surface area contributed by atoms with Crippen molar-refractivity contribution in [2.24, 2.45) is 0 Å². The van der Waals surface area contributed by atoms with E-state index in [1.54, 1.807) is 0 Å². The zero-order chi connectivity index (χ0) is 17.3. The molecule has 4 nitrogen and oxygen atoms in total. The zero-order valence-electron chi connectivity index (χ0n) is 16.3. The first-order valence-corrected chi connectivity index (χ1v) is 15.0. The lowest BCUT2D eigenvalue weighted by Gasteiger charge is -2.38. The van der Waals surface area contributed by atoms with Crippen molar-refractivity contribution < 1.29 is 13.3 Å². The highest BCUT2D eigenvalue weighted by molar-refractivity contribution is 6.77. The Hall–Kier alpha value is 0.274. The Morgan fingerprint density at radius 1 is 0.870 bits per heavy atom. The second-order valence-corrected chi connectivity index (χ2v) is 15.8. The summed E-state index contributed by atoms with van der Waals surface area (Å²) in [7, 11) is -3.40. The van der Waals surface area contributed by atoms with Gasteiger partial charge in [-0.2, -0.15) is 0 Å². The molecule has 0 N–H and O–H groups in total. The molecule has 1 rings (SSSR count). The molecule has 1 aliphatic rings. The summed E-state index contributed by atoms with van der Waals surface area (Å²) in [6.45, 7) is 19.3. The van der Waals surface area contributed by atoms with Crippen LogP contribution in [0.2, 0.25) is 31.2 Å². The van der Waals surface area contributed by atoms with Crippen LogP contribution in [0, 0.1) is 0 Å². The highest BCUT2D eigenvalue weighted by atomic mass is 28.4. The van der Waals surface area contributed by atoms with Gasteiger partial charge in [0.2, 0.25) is 0 Å². The normalized spacial score (nSPS) is 18.5. The average molecular weight is 362 g/mol. The summed E-state index contributed by atoms with van der Waals surface area (Å²) >= 11 is 0. The van der Waals surface area contributed by atoms with Crippen molar-refractivity contribution in [3.05, 3.63) is 0 Å². The predicted octanol–water partition coefficient (Wildman–Crippen LogP) is 4.23. The maximum Gasteiger partial charge on any atom is 0.500 e. The molecule has 0 amide bonds. The van der Waals surface area contributed by atoms with Gasteiger partial charge in [0.1, 0.15) is 0 Å². The maximum atomic E-state index is 5.94. The van der Waals surface area contributed by atoms with E-state index in [9.17, 15) is 0 Å². The minimum Gasteiger partial charge on any atom is -0.374 e. The third-order valence-electron chi connectivity index (χ3n) is 4.86. The maximum absolute atomic E-state index is 5.94. The van der Waals surface area contributed by atoms with E-state index in [1.165, 1.54) is 25.9 Å². The molecule has 0 radical (unpaired) electrons. The Bertz CT molecular complexity index is 298. The number of hydrogen-bond donors (Lipinski definition) is 0. The predicted molar refractivity (Wildman–Crippen MR) is 103 cm³/mol. The lowest BCUT2D eigenvalue weighted by molar-refractivity contribution is 0.0696. The molecule has 0 unspecified atom stereocenters. The molecule has 0 aromatic carbocycles. The molecular formula is C17H39NO3Si2. The van der Waals surface area contributed by atoms with E-state index in [0.717, 1.165) is 24.6 Å². The monoisotopic (exact) mass is 361 g/mol. The van der Waals surface area contributed by atoms with E-state index in [-0.39, 0.29) is 0 Å². The van der Waals surface area contributed by atoms with Gasteiger partial charge in [0.25, 0.3) is 0 Å². The Labute approximate surface area is 146 Å². The van der Waals surface area contributed by atoms with Gasteiger partial charge in [-0.25, -0.2) is 0 Å². The van der Waals surface area contributed by atoms with Crippen LogP contribution in [0.1, 0.15) is 40.0 Å². The summed E-state index contributed by atoms with van der Waals surface area (Å²) in [4.78, 5) is 2.62. The Kier molecular flexibility index (Phi) is 9.55. The van der Waals surface area contributed by atoms with Crippen molar-refractivity contribution in [2.45, 2.75) is 71.3 Å². The second kappa shape index (κ2) is 10.3. The van der Waals surface area contributed by atoms with E-state index in [1.807, 2.05) is 20.8 Å². The molecule has 23 heavy (non-hydrogen) atoms. The van der Waals surface area contributed by atoms with Crippen LogP contribution in [-0.4, -0.2) is 61.2 Å². The summed E-state index contributed by atoms with van der Waals surface area (Å²) in [5.41, 5.74) is 1.00. The molecule has 0 aromatic rings. The topological polar surface area (TPSA) is 30.9 Å². The number of rotatable bonds is 11. The lowest BCUT2D eigenvalue weighted by Crippen LogP contribution is -2.47. The number of nitrogens with zero attached hydrogens (tertiary/aromatic N) is 1. The first-order valence-electron chi connectivity index (χ1n) is 9.51. The molecule has 0 aromatic heterocycles. The fraction of sp³-hybridized carbons (Fsp3) is 1.00. The van der Waals surface area contributed by atoms with Crippen LogP contribution >= 0.6 is 0 Å². The molecule has 0 saturated carbocycles. The molecule has 1 heterocycles. The molecule has 1 fully saturated rings. The fourth-order valence-corrected chi connectivity index (χ4v) is 8.13. The SMILES string of the molecule is CCO[Si](CCCN1CCC([Si](C)(C)C)CC1)(OCC)OCC. The summed E-state index contributed by atoms with van der Waals surface area (Å²) in [5, 5.41) is 0. The van der Waals surface area contributed by atoms with Crippen molar-refractivity contribution >= 4 is 16.9 Å². The van der Waals surface area contributed by atoms with Gasteiger partial charge in [-0.3, -0.25) is 0 Å². The highest BCUT2D eigenvalue weighted by Crippen LogP contribution is 2.32. The van der Waals surface area contributed by atoms with Crippen LogP contribution in [0.5, 0.6) is 0 Å². The smallest absolute Gasteiger partial charge is 0.374 e.